The third-order valence-corrected chi connectivity index (χ3v) is 6.79. The lowest BCUT2D eigenvalue weighted by Gasteiger charge is -2.42. The number of halogens is 4. The van der Waals surface area contributed by atoms with Crippen LogP contribution in [0.15, 0.2) is 30.5 Å². The Morgan fingerprint density at radius 3 is 2.47 bits per heavy atom. The topological polar surface area (TPSA) is 53.4 Å². The maximum Gasteiger partial charge on any atom is 0.434 e. The van der Waals surface area contributed by atoms with E-state index < -0.39 is 23.3 Å². The molecule has 2 atom stereocenters. The van der Waals surface area contributed by atoms with Gasteiger partial charge in [-0.05, 0) is 63.0 Å². The number of alkyl halides is 3. The molecule has 3 heterocycles. The van der Waals surface area contributed by atoms with Gasteiger partial charge in [0.25, 0.3) is 5.91 Å². The van der Waals surface area contributed by atoms with Gasteiger partial charge < -0.3 is 10.2 Å². The summed E-state index contributed by atoms with van der Waals surface area (Å²) in [5.74, 6) is -0.0791. The van der Waals surface area contributed by atoms with Crippen LogP contribution < -0.4 is 5.32 Å². The van der Waals surface area contributed by atoms with Crippen LogP contribution in [0, 0.1) is 5.92 Å². The lowest BCUT2D eigenvalue weighted by Crippen LogP contribution is -2.54. The van der Waals surface area contributed by atoms with Crippen LogP contribution in [0.3, 0.4) is 0 Å². The minimum atomic E-state index is -4.73. The number of carbonyl (C=O) groups excluding carboxylic acids is 1. The number of nitrogens with zero attached hydrogens (tertiary/aromatic N) is 4. The van der Waals surface area contributed by atoms with E-state index in [1.165, 1.54) is 35.6 Å². The van der Waals surface area contributed by atoms with E-state index in [0.29, 0.717) is 43.2 Å². The van der Waals surface area contributed by atoms with E-state index in [9.17, 15) is 18.0 Å². The number of hydrogen-bond acceptors (Lipinski definition) is 4. The number of aromatic nitrogens is 2. The van der Waals surface area contributed by atoms with Crippen molar-refractivity contribution in [1.29, 1.82) is 0 Å². The molecule has 1 aromatic heterocycles. The average Bonchev–Trinajstić information content (AvgIpc) is 3.25. The summed E-state index contributed by atoms with van der Waals surface area (Å²) < 4.78 is 42.6. The van der Waals surface area contributed by atoms with Crippen LogP contribution in [0.2, 0.25) is 5.02 Å². The summed E-state index contributed by atoms with van der Waals surface area (Å²) in [6.07, 6.45) is -1.38. The van der Waals surface area contributed by atoms with Gasteiger partial charge in [0, 0.05) is 37.2 Å². The first-order valence-electron chi connectivity index (χ1n) is 10.9. The average molecular weight is 470 g/mol. The molecule has 2 aliphatic rings. The number of piperazine rings is 1. The van der Waals surface area contributed by atoms with E-state index in [0.717, 1.165) is 30.4 Å². The van der Waals surface area contributed by atoms with Gasteiger partial charge in [-0.2, -0.15) is 18.3 Å². The molecule has 2 aliphatic heterocycles. The highest BCUT2D eigenvalue weighted by atomic mass is 35.5. The summed E-state index contributed by atoms with van der Waals surface area (Å²) in [4.78, 5) is 16.9. The van der Waals surface area contributed by atoms with E-state index in [2.05, 4.69) is 22.2 Å². The Bertz CT molecular complexity index is 932. The maximum absolute atomic E-state index is 13.9. The number of benzene rings is 1. The summed E-state index contributed by atoms with van der Waals surface area (Å²) in [7, 11) is 0. The van der Waals surface area contributed by atoms with Crippen LogP contribution in [0.5, 0.6) is 0 Å². The van der Waals surface area contributed by atoms with Crippen LogP contribution in [0.1, 0.15) is 35.8 Å². The van der Waals surface area contributed by atoms with Crippen molar-refractivity contribution in [1.82, 2.24) is 24.9 Å². The predicted octanol–water partition coefficient (Wildman–Crippen LogP) is 3.69. The zero-order valence-electron chi connectivity index (χ0n) is 17.9. The largest absolute Gasteiger partial charge is 0.434 e. The lowest BCUT2D eigenvalue weighted by atomic mass is 9.91. The Kier molecular flexibility index (Phi) is 6.78. The third kappa shape index (κ3) is 4.79. The SMILES string of the molecule is CC(C1CCCNC1)N1CCN(C(=O)c2cnn(-c3ccc(Cl)cc3)c2C(F)(F)F)CC1. The molecular formula is C22H27ClF3N5O. The minimum absolute atomic E-state index is 0.195. The Hall–Kier alpha value is -2.10. The number of hydrogen-bond donors (Lipinski definition) is 1. The molecular weight excluding hydrogens is 443 g/mol. The van der Waals surface area contributed by atoms with Crippen LogP contribution in [-0.2, 0) is 6.18 Å². The minimum Gasteiger partial charge on any atom is -0.336 e. The maximum atomic E-state index is 13.9. The summed E-state index contributed by atoms with van der Waals surface area (Å²) >= 11 is 5.85. The summed E-state index contributed by atoms with van der Waals surface area (Å²) in [5, 5.41) is 7.72. The van der Waals surface area contributed by atoms with Gasteiger partial charge in [0.05, 0.1) is 17.4 Å². The predicted molar refractivity (Wildman–Crippen MR) is 116 cm³/mol. The smallest absolute Gasteiger partial charge is 0.336 e. The zero-order chi connectivity index (χ0) is 22.9. The summed E-state index contributed by atoms with van der Waals surface area (Å²) in [6.45, 7) is 6.33. The third-order valence-electron chi connectivity index (χ3n) is 6.53. The van der Waals surface area contributed by atoms with Crippen molar-refractivity contribution in [3.05, 3.63) is 46.7 Å². The molecule has 32 heavy (non-hydrogen) atoms. The molecule has 2 saturated heterocycles. The molecule has 0 saturated carbocycles. The summed E-state index contributed by atoms with van der Waals surface area (Å²) in [6, 6.07) is 6.24. The van der Waals surface area contributed by atoms with Crippen LogP contribution in [0.25, 0.3) is 5.69 Å². The second kappa shape index (κ2) is 9.41. The van der Waals surface area contributed by atoms with E-state index in [1.54, 1.807) is 0 Å². The standard InChI is InChI=1S/C22H27ClF3N5O/c1-15(16-3-2-8-27-13-16)29-9-11-30(12-10-29)21(32)19-14-28-31(20(19)22(24,25)26)18-6-4-17(23)5-7-18/h4-7,14-16,27H,2-3,8-13H2,1H3. The van der Waals surface area contributed by atoms with Gasteiger partial charge in [-0.25, -0.2) is 4.68 Å². The van der Waals surface area contributed by atoms with E-state index in [1.807, 2.05) is 0 Å². The molecule has 0 bridgehead atoms. The molecule has 2 fully saturated rings. The van der Waals surface area contributed by atoms with Gasteiger partial charge in [0.1, 0.15) is 0 Å². The first-order valence-corrected chi connectivity index (χ1v) is 11.3. The van der Waals surface area contributed by atoms with Gasteiger partial charge >= 0.3 is 6.18 Å². The Morgan fingerprint density at radius 1 is 1.19 bits per heavy atom. The van der Waals surface area contributed by atoms with Gasteiger partial charge in [0.15, 0.2) is 5.69 Å². The molecule has 1 amide bonds. The van der Waals surface area contributed by atoms with Crippen molar-refractivity contribution in [3.63, 3.8) is 0 Å². The second-order valence-electron chi connectivity index (χ2n) is 8.47. The van der Waals surface area contributed by atoms with Gasteiger partial charge in [-0.15, -0.1) is 0 Å². The van der Waals surface area contributed by atoms with Crippen molar-refractivity contribution in [3.8, 4) is 5.69 Å². The fraction of sp³-hybridized carbons (Fsp3) is 0.545. The van der Waals surface area contributed by atoms with Crippen molar-refractivity contribution in [2.75, 3.05) is 39.3 Å². The van der Waals surface area contributed by atoms with E-state index >= 15 is 0 Å². The van der Waals surface area contributed by atoms with Crippen LogP contribution in [0.4, 0.5) is 13.2 Å². The molecule has 174 valence electrons. The molecule has 0 radical (unpaired) electrons. The summed E-state index contributed by atoms with van der Waals surface area (Å²) in [5.41, 5.74) is -1.29. The monoisotopic (exact) mass is 469 g/mol. The highest BCUT2D eigenvalue weighted by Crippen LogP contribution is 2.34. The molecule has 4 rings (SSSR count). The Balaban J connectivity index is 1.49. The number of rotatable bonds is 4. The van der Waals surface area contributed by atoms with Gasteiger partial charge in [-0.3, -0.25) is 9.69 Å². The number of piperidine rings is 1. The Morgan fingerprint density at radius 2 is 1.88 bits per heavy atom. The van der Waals surface area contributed by atoms with E-state index in [-0.39, 0.29) is 5.69 Å². The number of amides is 1. The quantitative estimate of drug-likeness (QED) is 0.742. The molecule has 0 spiro atoms. The highest BCUT2D eigenvalue weighted by Gasteiger charge is 2.42. The molecule has 1 N–H and O–H groups in total. The molecule has 6 nitrogen and oxygen atoms in total. The highest BCUT2D eigenvalue weighted by molar-refractivity contribution is 6.30. The lowest BCUT2D eigenvalue weighted by molar-refractivity contribution is -0.143. The first-order chi connectivity index (χ1) is 15.3. The molecule has 1 aromatic carbocycles. The number of carbonyl (C=O) groups is 1. The fourth-order valence-electron chi connectivity index (χ4n) is 4.65. The normalized spacial score (nSPS) is 21.5. The van der Waals surface area contributed by atoms with E-state index in [4.69, 9.17) is 11.6 Å². The van der Waals surface area contributed by atoms with Crippen LogP contribution in [-0.4, -0.2) is 70.8 Å². The number of nitrogens with one attached hydrogen (secondary N) is 1. The van der Waals surface area contributed by atoms with Gasteiger partial charge in [0.2, 0.25) is 0 Å². The fourth-order valence-corrected chi connectivity index (χ4v) is 4.77. The molecule has 10 heteroatoms. The van der Waals surface area contributed by atoms with Crippen molar-refractivity contribution < 1.29 is 18.0 Å². The van der Waals surface area contributed by atoms with Crippen molar-refractivity contribution >= 4 is 17.5 Å². The Labute approximate surface area is 190 Å². The van der Waals surface area contributed by atoms with Crippen molar-refractivity contribution in [2.45, 2.75) is 32.0 Å². The second-order valence-corrected chi connectivity index (χ2v) is 8.90. The van der Waals surface area contributed by atoms with Gasteiger partial charge in [-0.1, -0.05) is 11.6 Å². The molecule has 0 aliphatic carbocycles. The first kappa shape index (κ1) is 23.1. The molecule has 2 unspecified atom stereocenters. The van der Waals surface area contributed by atoms with Crippen LogP contribution >= 0.6 is 11.6 Å². The zero-order valence-corrected chi connectivity index (χ0v) is 18.7. The van der Waals surface area contributed by atoms with Crippen molar-refractivity contribution in [2.24, 2.45) is 5.92 Å². The molecule has 2 aromatic rings.